The molecule has 42 heavy (non-hydrogen) atoms. The van der Waals surface area contributed by atoms with E-state index in [0.29, 0.717) is 37.2 Å². The first-order valence-electron chi connectivity index (χ1n) is 14.9. The van der Waals surface area contributed by atoms with Crippen LogP contribution in [0.4, 0.5) is 5.69 Å². The summed E-state index contributed by atoms with van der Waals surface area (Å²) in [6, 6.07) is 11.3. The lowest BCUT2D eigenvalue weighted by atomic mass is 9.68. The third kappa shape index (κ3) is 5.56. The van der Waals surface area contributed by atoms with Crippen LogP contribution in [0.2, 0.25) is 5.02 Å². The SMILES string of the molecule is CO[C@H]1/C=C/CC[C@H](CO)S(=O)(=O)NC(=O)c2ccc3c(c2)N(C[C@@H]2CC[C@H]21)C[C@@]1(CCCc2cc(Cl)ccc21)CO3. The number of aryl methyl sites for hydroxylation is 1. The minimum atomic E-state index is -4.10. The highest BCUT2D eigenvalue weighted by Gasteiger charge is 2.44. The van der Waals surface area contributed by atoms with Gasteiger partial charge in [-0.3, -0.25) is 4.79 Å². The lowest BCUT2D eigenvalue weighted by Crippen LogP contribution is -2.49. The summed E-state index contributed by atoms with van der Waals surface area (Å²) in [4.78, 5) is 15.6. The summed E-state index contributed by atoms with van der Waals surface area (Å²) >= 11 is 6.39. The molecule has 2 heterocycles. The standard InChI is InChI=1S/C32H39ClN2O6S/c1-40-29-7-3-2-6-25(18-36)42(38,39)34-31(37)22-9-13-30-28(16-22)35(17-23-8-11-26(23)29)19-32(20-41-30)14-4-5-21-15-24(33)10-12-27(21)32/h3,7,9-10,12-13,15-16,23,25-26,29,36H,2,4-6,8,11,14,17-20H2,1H3,(H,34,37)/b7-3+/t23-,25+,26+,29-,32-/m0/s1. The lowest BCUT2D eigenvalue weighted by Gasteiger charge is -2.46. The number of nitrogens with zero attached hydrogens (tertiary/aromatic N) is 1. The van der Waals surface area contributed by atoms with Crippen molar-refractivity contribution in [1.29, 1.82) is 0 Å². The van der Waals surface area contributed by atoms with Crippen molar-refractivity contribution in [3.63, 3.8) is 0 Å². The maximum absolute atomic E-state index is 13.3. The molecule has 2 bridgehead atoms. The molecule has 1 spiro atoms. The van der Waals surface area contributed by atoms with E-state index >= 15 is 0 Å². The van der Waals surface area contributed by atoms with Crippen molar-refractivity contribution in [3.8, 4) is 5.75 Å². The molecule has 2 N–H and O–H groups in total. The summed E-state index contributed by atoms with van der Waals surface area (Å²) in [5, 5.41) is 9.50. The summed E-state index contributed by atoms with van der Waals surface area (Å²) < 4.78 is 40.8. The summed E-state index contributed by atoms with van der Waals surface area (Å²) in [5.41, 5.74) is 3.30. The fourth-order valence-electron chi connectivity index (χ4n) is 7.32. The Morgan fingerprint density at radius 1 is 1.19 bits per heavy atom. The van der Waals surface area contributed by atoms with E-state index in [1.807, 2.05) is 18.2 Å². The molecule has 1 amide bonds. The molecule has 1 fully saturated rings. The van der Waals surface area contributed by atoms with Gasteiger partial charge in [-0.15, -0.1) is 0 Å². The van der Waals surface area contributed by atoms with Crippen molar-refractivity contribution in [3.05, 3.63) is 70.3 Å². The van der Waals surface area contributed by atoms with E-state index in [2.05, 4.69) is 21.8 Å². The molecule has 10 heteroatoms. The minimum absolute atomic E-state index is 0.0823. The summed E-state index contributed by atoms with van der Waals surface area (Å²) in [6.07, 6.45) is 9.64. The number of hydrogen-bond donors (Lipinski definition) is 2. The molecular formula is C32H39ClN2O6S. The van der Waals surface area contributed by atoms with E-state index in [1.165, 1.54) is 11.1 Å². The van der Waals surface area contributed by atoms with Gasteiger partial charge in [0.1, 0.15) is 11.0 Å². The number of sulfonamides is 1. The zero-order valence-corrected chi connectivity index (χ0v) is 25.5. The monoisotopic (exact) mass is 614 g/mol. The van der Waals surface area contributed by atoms with Gasteiger partial charge in [-0.25, -0.2) is 13.1 Å². The van der Waals surface area contributed by atoms with Crippen LogP contribution in [0.5, 0.6) is 5.75 Å². The number of benzene rings is 2. The number of methoxy groups -OCH3 is 1. The van der Waals surface area contributed by atoms with Crippen LogP contribution in [-0.2, 0) is 26.6 Å². The largest absolute Gasteiger partial charge is 0.490 e. The van der Waals surface area contributed by atoms with E-state index in [-0.39, 0.29) is 23.5 Å². The number of rotatable bonds is 2. The van der Waals surface area contributed by atoms with Gasteiger partial charge >= 0.3 is 0 Å². The van der Waals surface area contributed by atoms with Crippen LogP contribution < -0.4 is 14.4 Å². The minimum Gasteiger partial charge on any atom is -0.490 e. The molecule has 8 nitrogen and oxygen atoms in total. The molecule has 2 aromatic carbocycles. The number of halogens is 1. The summed E-state index contributed by atoms with van der Waals surface area (Å²) in [5.74, 6) is 0.674. The molecule has 0 saturated heterocycles. The molecule has 4 aliphatic rings. The highest BCUT2D eigenvalue weighted by Crippen LogP contribution is 2.47. The Morgan fingerprint density at radius 2 is 2.05 bits per heavy atom. The van der Waals surface area contributed by atoms with Crippen LogP contribution in [-0.4, -0.2) is 64.2 Å². The van der Waals surface area contributed by atoms with Crippen molar-refractivity contribution >= 4 is 33.2 Å². The predicted octanol–water partition coefficient (Wildman–Crippen LogP) is 4.62. The quantitative estimate of drug-likeness (QED) is 0.476. The Balaban J connectivity index is 1.42. The number of amides is 1. The van der Waals surface area contributed by atoms with Crippen LogP contribution in [0.25, 0.3) is 0 Å². The summed E-state index contributed by atoms with van der Waals surface area (Å²) in [7, 11) is -2.38. The number of ether oxygens (including phenoxy) is 2. The number of anilines is 1. The Labute approximate surface area is 253 Å². The number of allylic oxidation sites excluding steroid dienone is 1. The van der Waals surface area contributed by atoms with E-state index in [1.54, 1.807) is 25.3 Å². The normalized spacial score (nSPS) is 31.5. The Bertz CT molecular complexity index is 1480. The average Bonchev–Trinajstić information content (AvgIpc) is 3.10. The second-order valence-corrected chi connectivity index (χ2v) is 14.7. The molecule has 2 aliphatic carbocycles. The van der Waals surface area contributed by atoms with Crippen LogP contribution >= 0.6 is 11.6 Å². The van der Waals surface area contributed by atoms with E-state index < -0.39 is 27.8 Å². The van der Waals surface area contributed by atoms with Gasteiger partial charge in [-0.05, 0) is 98.2 Å². The van der Waals surface area contributed by atoms with E-state index in [4.69, 9.17) is 21.1 Å². The number of aliphatic hydroxyl groups is 1. The van der Waals surface area contributed by atoms with Crippen LogP contribution in [0.1, 0.15) is 60.0 Å². The molecule has 2 aliphatic heterocycles. The molecule has 1 saturated carbocycles. The smallest absolute Gasteiger partial charge is 0.264 e. The fourth-order valence-corrected chi connectivity index (χ4v) is 8.70. The molecule has 0 radical (unpaired) electrons. The van der Waals surface area contributed by atoms with Gasteiger partial charge in [-0.2, -0.15) is 0 Å². The zero-order chi connectivity index (χ0) is 29.5. The van der Waals surface area contributed by atoms with Crippen LogP contribution in [0, 0.1) is 11.8 Å². The van der Waals surface area contributed by atoms with Crippen LogP contribution in [0.15, 0.2) is 48.6 Å². The first-order valence-corrected chi connectivity index (χ1v) is 16.8. The van der Waals surface area contributed by atoms with Gasteiger partial charge in [0.15, 0.2) is 0 Å². The molecule has 2 aromatic rings. The van der Waals surface area contributed by atoms with Gasteiger partial charge in [0.05, 0.1) is 25.0 Å². The van der Waals surface area contributed by atoms with Crippen molar-refractivity contribution in [2.75, 3.05) is 38.3 Å². The van der Waals surface area contributed by atoms with E-state index in [0.717, 1.165) is 49.4 Å². The van der Waals surface area contributed by atoms with Gasteiger partial charge in [0.25, 0.3) is 5.91 Å². The van der Waals surface area contributed by atoms with Gasteiger partial charge in [0, 0.05) is 36.2 Å². The first kappa shape index (κ1) is 29.5. The zero-order valence-electron chi connectivity index (χ0n) is 23.9. The van der Waals surface area contributed by atoms with Crippen molar-refractivity contribution in [2.45, 2.75) is 61.7 Å². The number of carbonyl (C=O) groups is 1. The number of hydrogen-bond acceptors (Lipinski definition) is 7. The second kappa shape index (κ2) is 11.8. The molecule has 0 aromatic heterocycles. The van der Waals surface area contributed by atoms with Crippen molar-refractivity contribution in [2.24, 2.45) is 11.8 Å². The maximum Gasteiger partial charge on any atom is 0.264 e. The first-order chi connectivity index (χ1) is 20.2. The lowest BCUT2D eigenvalue weighted by molar-refractivity contribution is 0.0131. The highest BCUT2D eigenvalue weighted by atomic mass is 35.5. The van der Waals surface area contributed by atoms with Crippen molar-refractivity contribution < 1.29 is 27.8 Å². The topological polar surface area (TPSA) is 105 Å². The molecule has 5 atom stereocenters. The highest BCUT2D eigenvalue weighted by molar-refractivity contribution is 7.90. The van der Waals surface area contributed by atoms with Crippen molar-refractivity contribution in [1.82, 2.24) is 4.72 Å². The fraction of sp³-hybridized carbons (Fsp3) is 0.531. The van der Waals surface area contributed by atoms with Gasteiger partial charge in [0.2, 0.25) is 10.0 Å². The van der Waals surface area contributed by atoms with Gasteiger partial charge < -0.3 is 19.5 Å². The van der Waals surface area contributed by atoms with E-state index in [9.17, 15) is 18.3 Å². The summed E-state index contributed by atoms with van der Waals surface area (Å²) in [6.45, 7) is 1.41. The number of aliphatic hydroxyl groups excluding tert-OH is 1. The number of fused-ring (bicyclic) bond motifs is 4. The Kier molecular flexibility index (Phi) is 8.30. The molecule has 226 valence electrons. The number of nitrogens with one attached hydrogen (secondary N) is 1. The third-order valence-corrected chi connectivity index (χ3v) is 11.8. The predicted molar refractivity (Wildman–Crippen MR) is 163 cm³/mol. The maximum atomic E-state index is 13.3. The second-order valence-electron chi connectivity index (χ2n) is 12.3. The number of carbonyl (C=O) groups excluding carboxylic acids is 1. The third-order valence-electron chi connectivity index (χ3n) is 9.78. The molecule has 0 unspecified atom stereocenters. The Morgan fingerprint density at radius 3 is 2.81 bits per heavy atom. The molecular weight excluding hydrogens is 576 g/mol. The average molecular weight is 615 g/mol. The Hall–Kier alpha value is -2.59. The van der Waals surface area contributed by atoms with Gasteiger partial charge in [-0.1, -0.05) is 29.8 Å². The molecule has 6 rings (SSSR count). The van der Waals surface area contributed by atoms with Crippen LogP contribution in [0.3, 0.4) is 0 Å².